The summed E-state index contributed by atoms with van der Waals surface area (Å²) in [5, 5.41) is 16.5. The van der Waals surface area contributed by atoms with Crippen LogP contribution in [-0.4, -0.2) is 49.9 Å². The minimum Gasteiger partial charge on any atom is -0.456 e. The second-order valence-corrected chi connectivity index (χ2v) is 12.3. The van der Waals surface area contributed by atoms with Crippen molar-refractivity contribution in [3.8, 4) is 11.5 Å². The number of aliphatic hydroxyl groups is 2. The molecule has 5 heteroatoms. The molecule has 55 heavy (non-hydrogen) atoms. The largest absolute Gasteiger partial charge is 0.456 e. The summed E-state index contributed by atoms with van der Waals surface area (Å²) in [6, 6.07) is 53.9. The predicted octanol–water partition coefficient (Wildman–Crippen LogP) is 11.2. The number of ether oxygens (including phenoxy) is 3. The Bertz CT molecular complexity index is 1930. The summed E-state index contributed by atoms with van der Waals surface area (Å²) in [4.78, 5) is 0. The van der Waals surface area contributed by atoms with Gasteiger partial charge in [-0.3, -0.25) is 0 Å². The van der Waals surface area contributed by atoms with Crippen LogP contribution in [-0.2, 0) is 9.47 Å². The van der Waals surface area contributed by atoms with Gasteiger partial charge in [-0.05, 0) is 45.5 Å². The lowest BCUT2D eigenvalue weighted by Gasteiger charge is -2.15. The van der Waals surface area contributed by atoms with Crippen LogP contribution in [0.25, 0.3) is 48.6 Å². The number of hydrogen-bond acceptors (Lipinski definition) is 5. The smallest absolute Gasteiger partial charge is 0.135 e. The Labute approximate surface area is 325 Å². The highest BCUT2D eigenvalue weighted by atomic mass is 16.5. The molecule has 0 radical (unpaired) electrons. The van der Waals surface area contributed by atoms with Gasteiger partial charge in [0.05, 0.1) is 39.6 Å². The molecule has 6 aromatic rings. The molecule has 278 valence electrons. The third-order valence-electron chi connectivity index (χ3n) is 8.26. The van der Waals surface area contributed by atoms with Crippen molar-refractivity contribution in [1.82, 2.24) is 0 Å². The standard InChI is InChI=1S/C44H34O.C6H14O4/c1-5-15-35(16-6-1)27-31-39-23-13-25-43(41(39)33-29-37-19-9-3-10-20-37)45-44-26-14-24-40(32-28-36-17-7-2-8-18-36)42(44)34-30-38-21-11-4-12-22-38;7-1-3-9-5-6-10-4-2-8/h1-34H;7-8H,1-6H2/b31-27+,32-28+,33-29+,34-30+;. The van der Waals surface area contributed by atoms with Crippen molar-refractivity contribution in [2.45, 2.75) is 0 Å². The first-order valence-electron chi connectivity index (χ1n) is 18.5. The van der Waals surface area contributed by atoms with Crippen LogP contribution in [0, 0.1) is 0 Å². The van der Waals surface area contributed by atoms with E-state index in [9.17, 15) is 0 Å². The quantitative estimate of drug-likeness (QED) is 0.0723. The zero-order valence-electron chi connectivity index (χ0n) is 31.0. The molecule has 0 fully saturated rings. The van der Waals surface area contributed by atoms with Gasteiger partial charge in [-0.2, -0.15) is 0 Å². The Morgan fingerprint density at radius 3 is 0.982 bits per heavy atom. The first-order chi connectivity index (χ1) is 27.2. The molecule has 0 aliphatic rings. The molecular weight excluding hydrogens is 681 g/mol. The van der Waals surface area contributed by atoms with E-state index >= 15 is 0 Å². The fourth-order valence-corrected chi connectivity index (χ4v) is 5.50. The maximum Gasteiger partial charge on any atom is 0.135 e. The summed E-state index contributed by atoms with van der Waals surface area (Å²) < 4.78 is 16.6. The first-order valence-corrected chi connectivity index (χ1v) is 18.5. The lowest BCUT2D eigenvalue weighted by Crippen LogP contribution is -2.09. The van der Waals surface area contributed by atoms with Crippen LogP contribution in [0.4, 0.5) is 0 Å². The Kier molecular flexibility index (Phi) is 17.2. The van der Waals surface area contributed by atoms with E-state index < -0.39 is 0 Å². The van der Waals surface area contributed by atoms with Gasteiger partial charge < -0.3 is 24.4 Å². The molecule has 0 spiro atoms. The first kappa shape index (κ1) is 40.1. The number of hydrogen-bond donors (Lipinski definition) is 2. The van der Waals surface area contributed by atoms with Gasteiger partial charge in [0.1, 0.15) is 11.5 Å². The Morgan fingerprint density at radius 1 is 0.327 bits per heavy atom. The number of benzene rings is 6. The van der Waals surface area contributed by atoms with Crippen molar-refractivity contribution in [2.24, 2.45) is 0 Å². The van der Waals surface area contributed by atoms with Crippen LogP contribution in [0.1, 0.15) is 44.5 Å². The van der Waals surface area contributed by atoms with Gasteiger partial charge in [-0.15, -0.1) is 0 Å². The van der Waals surface area contributed by atoms with Crippen molar-refractivity contribution in [3.63, 3.8) is 0 Å². The van der Waals surface area contributed by atoms with Gasteiger partial charge in [0.2, 0.25) is 0 Å². The van der Waals surface area contributed by atoms with Gasteiger partial charge in [-0.25, -0.2) is 0 Å². The molecule has 0 bridgehead atoms. The molecule has 0 heterocycles. The summed E-state index contributed by atoms with van der Waals surface area (Å²) >= 11 is 0. The highest BCUT2D eigenvalue weighted by molar-refractivity contribution is 5.84. The zero-order valence-corrected chi connectivity index (χ0v) is 31.0. The van der Waals surface area contributed by atoms with Crippen molar-refractivity contribution >= 4 is 48.6 Å². The Hall–Kier alpha value is -6.08. The average molecular weight is 729 g/mol. The molecule has 6 rings (SSSR count). The van der Waals surface area contributed by atoms with Crippen LogP contribution in [0.15, 0.2) is 158 Å². The van der Waals surface area contributed by atoms with Crippen LogP contribution in [0.5, 0.6) is 11.5 Å². The molecule has 5 nitrogen and oxygen atoms in total. The monoisotopic (exact) mass is 728 g/mol. The van der Waals surface area contributed by atoms with Gasteiger partial charge >= 0.3 is 0 Å². The number of aliphatic hydroxyl groups excluding tert-OH is 2. The second kappa shape index (κ2) is 23.6. The maximum atomic E-state index is 8.26. The van der Waals surface area contributed by atoms with E-state index in [0.29, 0.717) is 26.4 Å². The molecule has 6 aromatic carbocycles. The fraction of sp³-hybridized carbons (Fsp3) is 0.120. The minimum absolute atomic E-state index is 0.0417. The Morgan fingerprint density at radius 2 is 0.655 bits per heavy atom. The molecule has 0 aliphatic heterocycles. The lowest BCUT2D eigenvalue weighted by atomic mass is 10.0. The molecule has 0 saturated carbocycles. The van der Waals surface area contributed by atoms with Crippen molar-refractivity contribution in [3.05, 3.63) is 202 Å². The van der Waals surface area contributed by atoms with Crippen LogP contribution in [0.3, 0.4) is 0 Å². The summed E-state index contributed by atoms with van der Waals surface area (Å²) in [6.07, 6.45) is 17.2. The van der Waals surface area contributed by atoms with Crippen LogP contribution < -0.4 is 4.74 Å². The fourth-order valence-electron chi connectivity index (χ4n) is 5.50. The molecule has 0 saturated heterocycles. The van der Waals surface area contributed by atoms with Gasteiger partial charge in [0.25, 0.3) is 0 Å². The molecule has 0 aromatic heterocycles. The predicted molar refractivity (Wildman–Crippen MR) is 230 cm³/mol. The van der Waals surface area contributed by atoms with E-state index in [-0.39, 0.29) is 13.2 Å². The molecule has 0 aliphatic carbocycles. The third kappa shape index (κ3) is 14.0. The molecule has 0 amide bonds. The van der Waals surface area contributed by atoms with Crippen LogP contribution >= 0.6 is 0 Å². The van der Waals surface area contributed by atoms with E-state index in [2.05, 4.69) is 170 Å². The van der Waals surface area contributed by atoms with Gasteiger partial charge in [0.15, 0.2) is 0 Å². The van der Waals surface area contributed by atoms with Crippen molar-refractivity contribution in [2.75, 3.05) is 39.6 Å². The maximum absolute atomic E-state index is 8.26. The molecule has 2 N–H and O–H groups in total. The summed E-state index contributed by atoms with van der Waals surface area (Å²) in [6.45, 7) is 1.73. The summed E-state index contributed by atoms with van der Waals surface area (Å²) in [5.74, 6) is 1.58. The molecule has 0 unspecified atom stereocenters. The average Bonchev–Trinajstić information content (AvgIpc) is 3.24. The van der Waals surface area contributed by atoms with E-state index in [1.807, 2.05) is 36.4 Å². The third-order valence-corrected chi connectivity index (χ3v) is 8.26. The zero-order chi connectivity index (χ0) is 38.2. The van der Waals surface area contributed by atoms with E-state index in [0.717, 1.165) is 56.0 Å². The summed E-state index contributed by atoms with van der Waals surface area (Å²) in [5.41, 5.74) is 8.72. The highest BCUT2D eigenvalue weighted by Gasteiger charge is 2.11. The molecule has 0 atom stereocenters. The highest BCUT2D eigenvalue weighted by Crippen LogP contribution is 2.35. The summed E-state index contributed by atoms with van der Waals surface area (Å²) in [7, 11) is 0. The number of rotatable bonds is 17. The normalized spacial score (nSPS) is 11.4. The lowest BCUT2D eigenvalue weighted by molar-refractivity contribution is 0.0222. The van der Waals surface area contributed by atoms with E-state index in [1.165, 1.54) is 0 Å². The van der Waals surface area contributed by atoms with Crippen LogP contribution in [0.2, 0.25) is 0 Å². The Balaban J connectivity index is 0.000000511. The SMILES string of the molecule is C(=C\c1cccc(Oc2cccc(/C=C/c3ccccc3)c2/C=C/c2ccccc2)c1/C=C/c1ccccc1)/c1ccccc1.OCCOCCOCCO. The topological polar surface area (TPSA) is 68.2 Å². The van der Waals surface area contributed by atoms with Crippen molar-refractivity contribution < 1.29 is 24.4 Å². The van der Waals surface area contributed by atoms with E-state index in [1.54, 1.807) is 0 Å². The van der Waals surface area contributed by atoms with E-state index in [4.69, 9.17) is 24.4 Å². The van der Waals surface area contributed by atoms with Crippen molar-refractivity contribution in [1.29, 1.82) is 0 Å². The minimum atomic E-state index is 0.0417. The van der Waals surface area contributed by atoms with Gasteiger partial charge in [0, 0.05) is 11.1 Å². The molecular formula is C50H48O5. The second-order valence-electron chi connectivity index (χ2n) is 12.3. The van der Waals surface area contributed by atoms with Gasteiger partial charge in [-0.1, -0.05) is 194 Å².